The van der Waals surface area contributed by atoms with Crippen molar-refractivity contribution >= 4 is 29.6 Å². The Morgan fingerprint density at radius 2 is 1.47 bits per heavy atom. The molecule has 0 radical (unpaired) electrons. The van der Waals surface area contributed by atoms with Gasteiger partial charge in [0.2, 0.25) is 23.6 Å². The van der Waals surface area contributed by atoms with Gasteiger partial charge in [0, 0.05) is 34.6 Å². The van der Waals surface area contributed by atoms with Gasteiger partial charge >= 0.3 is 5.97 Å². The van der Waals surface area contributed by atoms with Crippen LogP contribution in [0.25, 0.3) is 0 Å². The first-order chi connectivity index (χ1) is 16.0. The fourth-order valence-electron chi connectivity index (χ4n) is 2.96. The highest BCUT2D eigenvalue weighted by molar-refractivity contribution is 5.92. The second kappa shape index (κ2) is 13.9. The molecule has 0 aromatic heterocycles. The summed E-state index contributed by atoms with van der Waals surface area (Å²) in [5.74, 6) is -2.98. The number of carboxylic acid groups (broad SMARTS) is 1. The van der Waals surface area contributed by atoms with Crippen LogP contribution in [0, 0.1) is 0 Å². The van der Waals surface area contributed by atoms with Crippen LogP contribution in [0.3, 0.4) is 0 Å². The molecule has 0 saturated heterocycles. The molecule has 1 atom stereocenters. The summed E-state index contributed by atoms with van der Waals surface area (Å²) in [6, 6.07) is 8.16. The SMILES string of the molecule is CN(COCC(=O)O)C(=O)CN(C)C(=O)[C@H](Cc1ccccc1)N(C)C(=O)CN(C)C(=O)CN. The first-order valence-corrected chi connectivity index (χ1v) is 10.5. The molecule has 12 nitrogen and oxygen atoms in total. The second-order valence-corrected chi connectivity index (χ2v) is 7.82. The van der Waals surface area contributed by atoms with Gasteiger partial charge in [-0.25, -0.2) is 4.79 Å². The van der Waals surface area contributed by atoms with E-state index < -0.39 is 42.2 Å². The average Bonchev–Trinajstić information content (AvgIpc) is 2.81. The number of benzene rings is 1. The average molecular weight is 480 g/mol. The third kappa shape index (κ3) is 9.16. The highest BCUT2D eigenvalue weighted by atomic mass is 16.5. The quantitative estimate of drug-likeness (QED) is 0.322. The van der Waals surface area contributed by atoms with Crippen molar-refractivity contribution in [2.75, 3.05) is 61.2 Å². The lowest BCUT2D eigenvalue weighted by atomic mass is 10.0. The van der Waals surface area contributed by atoms with Gasteiger partial charge in [0.15, 0.2) is 0 Å². The summed E-state index contributed by atoms with van der Waals surface area (Å²) in [7, 11) is 5.77. The normalized spacial score (nSPS) is 11.3. The van der Waals surface area contributed by atoms with Crippen LogP contribution in [0.2, 0.25) is 0 Å². The van der Waals surface area contributed by atoms with Crippen molar-refractivity contribution in [2.24, 2.45) is 5.73 Å². The van der Waals surface area contributed by atoms with Gasteiger partial charge in [-0.15, -0.1) is 0 Å². The van der Waals surface area contributed by atoms with E-state index in [0.717, 1.165) is 10.5 Å². The molecule has 4 amide bonds. The number of rotatable bonds is 13. The molecule has 0 heterocycles. The zero-order chi connectivity index (χ0) is 25.8. The largest absolute Gasteiger partial charge is 0.480 e. The van der Waals surface area contributed by atoms with E-state index in [1.165, 1.54) is 42.9 Å². The predicted molar refractivity (Wildman–Crippen MR) is 122 cm³/mol. The molecule has 34 heavy (non-hydrogen) atoms. The Bertz CT molecular complexity index is 864. The fraction of sp³-hybridized carbons (Fsp3) is 0.500. The van der Waals surface area contributed by atoms with E-state index in [2.05, 4.69) is 0 Å². The Balaban J connectivity index is 2.94. The smallest absolute Gasteiger partial charge is 0.329 e. The van der Waals surface area contributed by atoms with Crippen molar-refractivity contribution in [3.8, 4) is 0 Å². The molecule has 0 aliphatic heterocycles. The van der Waals surface area contributed by atoms with E-state index in [-0.39, 0.29) is 32.8 Å². The van der Waals surface area contributed by atoms with Crippen molar-refractivity contribution in [3.63, 3.8) is 0 Å². The maximum absolute atomic E-state index is 13.3. The van der Waals surface area contributed by atoms with E-state index in [9.17, 15) is 24.0 Å². The van der Waals surface area contributed by atoms with E-state index in [0.29, 0.717) is 0 Å². The van der Waals surface area contributed by atoms with Crippen LogP contribution in [-0.2, 0) is 35.1 Å². The van der Waals surface area contributed by atoms with Crippen LogP contribution in [0.5, 0.6) is 0 Å². The van der Waals surface area contributed by atoms with Crippen molar-refractivity contribution in [1.82, 2.24) is 19.6 Å². The highest BCUT2D eigenvalue weighted by Crippen LogP contribution is 2.12. The minimum absolute atomic E-state index is 0.201. The van der Waals surface area contributed by atoms with Gasteiger partial charge in [0.05, 0.1) is 19.6 Å². The van der Waals surface area contributed by atoms with Gasteiger partial charge in [0.25, 0.3) is 0 Å². The molecular formula is C22H33N5O7. The lowest BCUT2D eigenvalue weighted by Gasteiger charge is -2.32. The van der Waals surface area contributed by atoms with Gasteiger partial charge in [-0.2, -0.15) is 0 Å². The second-order valence-electron chi connectivity index (χ2n) is 7.82. The van der Waals surface area contributed by atoms with Gasteiger partial charge in [-0.05, 0) is 5.56 Å². The van der Waals surface area contributed by atoms with E-state index in [1.807, 2.05) is 30.3 Å². The Morgan fingerprint density at radius 3 is 2.03 bits per heavy atom. The lowest BCUT2D eigenvalue weighted by Crippen LogP contribution is -2.53. The summed E-state index contributed by atoms with van der Waals surface area (Å²) in [5.41, 5.74) is 6.15. The standard InChI is InChI=1S/C22H33N5O7/c1-24(18(28)11-23)13-20(30)27(4)17(10-16-8-6-5-7-9-16)22(33)25(2)12-19(29)26(3)15-34-14-21(31)32/h5-9,17H,10-15,23H2,1-4H3,(H,31,32)/t17-/m0/s1. The number of ether oxygens (including phenoxy) is 1. The maximum atomic E-state index is 13.3. The number of nitrogens with zero attached hydrogens (tertiary/aromatic N) is 4. The highest BCUT2D eigenvalue weighted by Gasteiger charge is 2.31. The number of amides is 4. The summed E-state index contributed by atoms with van der Waals surface area (Å²) in [5, 5.41) is 8.62. The first-order valence-electron chi connectivity index (χ1n) is 10.5. The number of hydrogen-bond acceptors (Lipinski definition) is 7. The molecule has 0 unspecified atom stereocenters. The molecule has 1 rings (SSSR count). The van der Waals surface area contributed by atoms with Crippen LogP contribution >= 0.6 is 0 Å². The van der Waals surface area contributed by atoms with Gasteiger partial charge < -0.3 is 35.2 Å². The van der Waals surface area contributed by atoms with E-state index in [4.69, 9.17) is 15.6 Å². The molecule has 0 saturated carbocycles. The summed E-state index contributed by atoms with van der Waals surface area (Å²) in [6.07, 6.45) is 0.201. The molecular weight excluding hydrogens is 446 g/mol. The van der Waals surface area contributed by atoms with Crippen LogP contribution in [0.15, 0.2) is 30.3 Å². The number of aliphatic carboxylic acids is 1. The Labute approximate surface area is 198 Å². The number of nitrogens with two attached hydrogens (primary N) is 1. The fourth-order valence-corrected chi connectivity index (χ4v) is 2.96. The number of hydrogen-bond donors (Lipinski definition) is 2. The zero-order valence-corrected chi connectivity index (χ0v) is 20.0. The van der Waals surface area contributed by atoms with Crippen molar-refractivity contribution in [3.05, 3.63) is 35.9 Å². The number of likely N-dealkylation sites (N-methyl/N-ethyl adjacent to an activating group) is 4. The van der Waals surface area contributed by atoms with Crippen LogP contribution in [0.4, 0.5) is 0 Å². The van der Waals surface area contributed by atoms with Crippen LogP contribution in [0.1, 0.15) is 5.56 Å². The zero-order valence-electron chi connectivity index (χ0n) is 20.0. The predicted octanol–water partition coefficient (Wildman–Crippen LogP) is -1.55. The monoisotopic (exact) mass is 479 g/mol. The number of carbonyl (C=O) groups excluding carboxylic acids is 4. The molecule has 0 aliphatic rings. The molecule has 188 valence electrons. The Morgan fingerprint density at radius 1 is 0.882 bits per heavy atom. The number of carbonyl (C=O) groups is 5. The van der Waals surface area contributed by atoms with Gasteiger partial charge in [-0.3, -0.25) is 19.2 Å². The molecule has 1 aromatic rings. The molecule has 0 aliphatic carbocycles. The van der Waals surface area contributed by atoms with Crippen LogP contribution < -0.4 is 5.73 Å². The third-order valence-corrected chi connectivity index (χ3v) is 5.08. The topological polar surface area (TPSA) is 154 Å². The van der Waals surface area contributed by atoms with E-state index in [1.54, 1.807) is 0 Å². The van der Waals surface area contributed by atoms with Crippen molar-refractivity contribution < 1.29 is 33.8 Å². The Kier molecular flexibility index (Phi) is 11.7. The minimum atomic E-state index is -1.16. The molecule has 1 aromatic carbocycles. The maximum Gasteiger partial charge on any atom is 0.329 e. The number of carboxylic acids is 1. The minimum Gasteiger partial charge on any atom is -0.480 e. The Hall–Kier alpha value is -3.51. The molecule has 0 bridgehead atoms. The lowest BCUT2D eigenvalue weighted by molar-refractivity contribution is -0.150. The summed E-state index contributed by atoms with van der Waals surface area (Å²) in [6.45, 7) is -1.60. The first kappa shape index (κ1) is 28.5. The third-order valence-electron chi connectivity index (χ3n) is 5.08. The molecule has 0 fully saturated rings. The molecule has 0 spiro atoms. The summed E-state index contributed by atoms with van der Waals surface area (Å²) < 4.78 is 4.89. The van der Waals surface area contributed by atoms with Crippen molar-refractivity contribution in [2.45, 2.75) is 12.5 Å². The molecule has 3 N–H and O–H groups in total. The summed E-state index contributed by atoms with van der Waals surface area (Å²) in [4.78, 5) is 65.6. The van der Waals surface area contributed by atoms with E-state index >= 15 is 0 Å². The summed E-state index contributed by atoms with van der Waals surface area (Å²) >= 11 is 0. The van der Waals surface area contributed by atoms with Gasteiger partial charge in [-0.1, -0.05) is 30.3 Å². The van der Waals surface area contributed by atoms with Crippen molar-refractivity contribution in [1.29, 1.82) is 0 Å². The van der Waals surface area contributed by atoms with Gasteiger partial charge in [0.1, 0.15) is 19.4 Å². The molecule has 12 heteroatoms. The van der Waals surface area contributed by atoms with Crippen LogP contribution in [-0.4, -0.2) is 122 Å².